The van der Waals surface area contributed by atoms with E-state index in [0.717, 1.165) is 31.8 Å². The van der Waals surface area contributed by atoms with Crippen LogP contribution in [0.15, 0.2) is 0 Å². The van der Waals surface area contributed by atoms with Gasteiger partial charge in [0.05, 0.1) is 0 Å². The van der Waals surface area contributed by atoms with Crippen LogP contribution < -0.4 is 5.73 Å². The SMILES string of the molecule is CCCC(N)CC(=O)N1CCC(CCC)C1. The minimum atomic E-state index is 0.0581. The van der Waals surface area contributed by atoms with Crippen LogP contribution in [0.1, 0.15) is 52.4 Å². The smallest absolute Gasteiger partial charge is 0.224 e. The molecule has 1 saturated heterocycles. The summed E-state index contributed by atoms with van der Waals surface area (Å²) in [5, 5.41) is 0. The predicted molar refractivity (Wildman–Crippen MR) is 67.1 cm³/mol. The molecule has 1 heterocycles. The van der Waals surface area contributed by atoms with Crippen molar-refractivity contribution in [1.82, 2.24) is 4.90 Å². The van der Waals surface area contributed by atoms with Gasteiger partial charge in [-0.2, -0.15) is 0 Å². The van der Waals surface area contributed by atoms with Gasteiger partial charge in [0, 0.05) is 25.6 Å². The molecule has 3 nitrogen and oxygen atoms in total. The first kappa shape index (κ1) is 13.5. The van der Waals surface area contributed by atoms with Gasteiger partial charge >= 0.3 is 0 Å². The molecule has 94 valence electrons. The van der Waals surface area contributed by atoms with Crippen molar-refractivity contribution in [2.75, 3.05) is 13.1 Å². The fraction of sp³-hybridized carbons (Fsp3) is 0.923. The van der Waals surface area contributed by atoms with Gasteiger partial charge in [-0.05, 0) is 25.2 Å². The Bertz CT molecular complexity index is 218. The maximum atomic E-state index is 11.9. The average Bonchev–Trinajstić information content (AvgIpc) is 2.67. The molecule has 0 radical (unpaired) electrons. The number of amides is 1. The molecule has 0 aromatic rings. The standard InChI is InChI=1S/C13H26N2O/c1-3-5-11-7-8-15(10-11)13(16)9-12(14)6-4-2/h11-12H,3-10,14H2,1-2H3. The molecule has 16 heavy (non-hydrogen) atoms. The van der Waals surface area contributed by atoms with E-state index in [9.17, 15) is 4.79 Å². The van der Waals surface area contributed by atoms with E-state index < -0.39 is 0 Å². The van der Waals surface area contributed by atoms with Crippen LogP contribution in [-0.4, -0.2) is 29.9 Å². The van der Waals surface area contributed by atoms with Gasteiger partial charge in [0.2, 0.25) is 5.91 Å². The Kier molecular flexibility index (Phi) is 5.81. The van der Waals surface area contributed by atoms with Gasteiger partial charge in [0.1, 0.15) is 0 Å². The molecule has 1 aliphatic heterocycles. The highest BCUT2D eigenvalue weighted by Crippen LogP contribution is 2.21. The van der Waals surface area contributed by atoms with Gasteiger partial charge in [-0.25, -0.2) is 0 Å². The van der Waals surface area contributed by atoms with E-state index in [4.69, 9.17) is 5.73 Å². The van der Waals surface area contributed by atoms with Crippen LogP contribution in [-0.2, 0) is 4.79 Å². The fourth-order valence-corrected chi connectivity index (χ4v) is 2.53. The number of hydrogen-bond donors (Lipinski definition) is 1. The second kappa shape index (κ2) is 6.89. The molecule has 1 amide bonds. The quantitative estimate of drug-likeness (QED) is 0.754. The Hall–Kier alpha value is -0.570. The zero-order chi connectivity index (χ0) is 12.0. The Morgan fingerprint density at radius 1 is 1.44 bits per heavy atom. The summed E-state index contributed by atoms with van der Waals surface area (Å²) in [6.07, 6.45) is 6.22. The first-order valence-corrected chi connectivity index (χ1v) is 6.70. The number of carbonyl (C=O) groups excluding carboxylic acids is 1. The highest BCUT2D eigenvalue weighted by molar-refractivity contribution is 5.77. The van der Waals surface area contributed by atoms with Crippen molar-refractivity contribution >= 4 is 5.91 Å². The van der Waals surface area contributed by atoms with Crippen molar-refractivity contribution < 1.29 is 4.79 Å². The molecule has 1 rings (SSSR count). The Morgan fingerprint density at radius 3 is 2.81 bits per heavy atom. The molecule has 0 aromatic carbocycles. The second-order valence-corrected chi connectivity index (χ2v) is 5.04. The van der Waals surface area contributed by atoms with E-state index in [0.29, 0.717) is 6.42 Å². The van der Waals surface area contributed by atoms with Crippen molar-refractivity contribution in [1.29, 1.82) is 0 Å². The van der Waals surface area contributed by atoms with E-state index in [1.54, 1.807) is 0 Å². The highest BCUT2D eigenvalue weighted by Gasteiger charge is 2.26. The van der Waals surface area contributed by atoms with E-state index in [-0.39, 0.29) is 11.9 Å². The number of nitrogens with two attached hydrogens (primary N) is 1. The van der Waals surface area contributed by atoms with Crippen LogP contribution in [0.5, 0.6) is 0 Å². The molecule has 2 atom stereocenters. The van der Waals surface area contributed by atoms with Crippen LogP contribution in [0.2, 0.25) is 0 Å². The van der Waals surface area contributed by atoms with Crippen LogP contribution in [0, 0.1) is 5.92 Å². The minimum Gasteiger partial charge on any atom is -0.342 e. The topological polar surface area (TPSA) is 46.3 Å². The van der Waals surface area contributed by atoms with Crippen LogP contribution >= 0.6 is 0 Å². The van der Waals surface area contributed by atoms with Crippen molar-refractivity contribution in [3.63, 3.8) is 0 Å². The largest absolute Gasteiger partial charge is 0.342 e. The molecule has 0 spiro atoms. The number of likely N-dealkylation sites (tertiary alicyclic amines) is 1. The predicted octanol–water partition coefficient (Wildman–Crippen LogP) is 2.15. The van der Waals surface area contributed by atoms with Crippen LogP contribution in [0.3, 0.4) is 0 Å². The van der Waals surface area contributed by atoms with Gasteiger partial charge in [-0.3, -0.25) is 4.79 Å². The van der Waals surface area contributed by atoms with Gasteiger partial charge < -0.3 is 10.6 Å². The monoisotopic (exact) mass is 226 g/mol. The average molecular weight is 226 g/mol. The lowest BCUT2D eigenvalue weighted by molar-refractivity contribution is -0.130. The van der Waals surface area contributed by atoms with E-state index in [1.165, 1.54) is 19.3 Å². The van der Waals surface area contributed by atoms with E-state index >= 15 is 0 Å². The molecular weight excluding hydrogens is 200 g/mol. The summed E-state index contributed by atoms with van der Waals surface area (Å²) < 4.78 is 0. The molecule has 0 aromatic heterocycles. The highest BCUT2D eigenvalue weighted by atomic mass is 16.2. The number of hydrogen-bond acceptors (Lipinski definition) is 2. The lowest BCUT2D eigenvalue weighted by Gasteiger charge is -2.19. The third-order valence-electron chi connectivity index (χ3n) is 3.43. The normalized spacial score (nSPS) is 22.4. The Morgan fingerprint density at radius 2 is 2.19 bits per heavy atom. The van der Waals surface area contributed by atoms with Gasteiger partial charge in [0.15, 0.2) is 0 Å². The maximum absolute atomic E-state index is 11.9. The zero-order valence-electron chi connectivity index (χ0n) is 10.7. The summed E-state index contributed by atoms with van der Waals surface area (Å²) in [6, 6.07) is 0.0581. The van der Waals surface area contributed by atoms with E-state index in [1.807, 2.05) is 4.90 Å². The number of carbonyl (C=O) groups is 1. The lowest BCUT2D eigenvalue weighted by atomic mass is 10.0. The molecule has 3 heteroatoms. The van der Waals surface area contributed by atoms with Gasteiger partial charge in [-0.15, -0.1) is 0 Å². The summed E-state index contributed by atoms with van der Waals surface area (Å²) in [5.41, 5.74) is 5.90. The third-order valence-corrected chi connectivity index (χ3v) is 3.43. The maximum Gasteiger partial charge on any atom is 0.224 e. The van der Waals surface area contributed by atoms with Gasteiger partial charge in [0.25, 0.3) is 0 Å². The Balaban J connectivity index is 2.27. The summed E-state index contributed by atoms with van der Waals surface area (Å²) in [4.78, 5) is 13.9. The first-order valence-electron chi connectivity index (χ1n) is 6.70. The lowest BCUT2D eigenvalue weighted by Crippen LogP contribution is -2.34. The molecule has 2 unspecified atom stereocenters. The van der Waals surface area contributed by atoms with Crippen molar-refractivity contribution in [2.45, 2.75) is 58.4 Å². The molecule has 0 saturated carbocycles. The first-order chi connectivity index (χ1) is 7.67. The summed E-state index contributed by atoms with van der Waals surface area (Å²) >= 11 is 0. The number of nitrogens with zero attached hydrogens (tertiary/aromatic N) is 1. The molecule has 0 aliphatic carbocycles. The molecule has 1 fully saturated rings. The van der Waals surface area contributed by atoms with Gasteiger partial charge in [-0.1, -0.05) is 26.7 Å². The van der Waals surface area contributed by atoms with Crippen molar-refractivity contribution in [2.24, 2.45) is 11.7 Å². The third kappa shape index (κ3) is 4.12. The fourth-order valence-electron chi connectivity index (χ4n) is 2.53. The Labute approximate surface area is 99.4 Å². The summed E-state index contributed by atoms with van der Waals surface area (Å²) in [6.45, 7) is 6.23. The number of rotatable bonds is 6. The van der Waals surface area contributed by atoms with Crippen molar-refractivity contribution in [3.8, 4) is 0 Å². The molecule has 1 aliphatic rings. The zero-order valence-corrected chi connectivity index (χ0v) is 10.7. The second-order valence-electron chi connectivity index (χ2n) is 5.04. The molecule has 2 N–H and O–H groups in total. The van der Waals surface area contributed by atoms with Crippen molar-refractivity contribution in [3.05, 3.63) is 0 Å². The molecular formula is C13H26N2O. The summed E-state index contributed by atoms with van der Waals surface area (Å²) in [7, 11) is 0. The van der Waals surface area contributed by atoms with E-state index in [2.05, 4.69) is 13.8 Å². The molecule has 0 bridgehead atoms. The van der Waals surface area contributed by atoms with Crippen LogP contribution in [0.4, 0.5) is 0 Å². The minimum absolute atomic E-state index is 0.0581. The van der Waals surface area contributed by atoms with Crippen LogP contribution in [0.25, 0.3) is 0 Å². The summed E-state index contributed by atoms with van der Waals surface area (Å²) in [5.74, 6) is 0.996.